The number of pyridine rings is 1. The summed E-state index contributed by atoms with van der Waals surface area (Å²) in [6.45, 7) is 8.07. The summed E-state index contributed by atoms with van der Waals surface area (Å²) in [6.07, 6.45) is 9.30. The lowest BCUT2D eigenvalue weighted by Crippen LogP contribution is -2.42. The van der Waals surface area contributed by atoms with Gasteiger partial charge in [-0.2, -0.15) is 5.10 Å². The minimum absolute atomic E-state index is 0.204. The van der Waals surface area contributed by atoms with Crippen LogP contribution in [0.2, 0.25) is 0 Å². The maximum Gasteiger partial charge on any atom is 0.410 e. The molecule has 6 nitrogen and oxygen atoms in total. The molecule has 134 valence electrons. The molecular formula is C19H26N4O2. The number of carbonyl (C=O) groups is 1. The Bertz CT molecular complexity index is 698. The molecule has 2 aromatic rings. The van der Waals surface area contributed by atoms with E-state index in [9.17, 15) is 4.79 Å². The van der Waals surface area contributed by atoms with Crippen molar-refractivity contribution >= 4 is 6.09 Å². The van der Waals surface area contributed by atoms with Crippen LogP contribution in [0.5, 0.6) is 0 Å². The van der Waals surface area contributed by atoms with E-state index in [1.807, 2.05) is 48.7 Å². The van der Waals surface area contributed by atoms with Gasteiger partial charge >= 0.3 is 6.09 Å². The van der Waals surface area contributed by atoms with Crippen LogP contribution in [-0.4, -0.2) is 44.4 Å². The van der Waals surface area contributed by atoms with E-state index in [2.05, 4.69) is 16.3 Å². The molecular weight excluding hydrogens is 316 g/mol. The summed E-state index contributed by atoms with van der Waals surface area (Å²) in [7, 11) is 0. The van der Waals surface area contributed by atoms with E-state index >= 15 is 0 Å². The monoisotopic (exact) mass is 342 g/mol. The zero-order valence-corrected chi connectivity index (χ0v) is 15.2. The highest BCUT2D eigenvalue weighted by Gasteiger charge is 2.27. The van der Waals surface area contributed by atoms with Crippen molar-refractivity contribution < 1.29 is 9.53 Å². The number of hydrogen-bond acceptors (Lipinski definition) is 4. The lowest BCUT2D eigenvalue weighted by atomic mass is 9.97. The van der Waals surface area contributed by atoms with Crippen LogP contribution in [0.25, 0.3) is 11.1 Å². The van der Waals surface area contributed by atoms with Gasteiger partial charge in [0, 0.05) is 43.8 Å². The quantitative estimate of drug-likeness (QED) is 0.855. The van der Waals surface area contributed by atoms with Crippen LogP contribution in [0.1, 0.15) is 33.6 Å². The second-order valence-corrected chi connectivity index (χ2v) is 7.60. The number of amides is 1. The summed E-state index contributed by atoms with van der Waals surface area (Å²) >= 11 is 0. The molecule has 0 atom stereocenters. The van der Waals surface area contributed by atoms with E-state index in [-0.39, 0.29) is 6.09 Å². The average molecular weight is 342 g/mol. The first-order chi connectivity index (χ1) is 11.9. The van der Waals surface area contributed by atoms with E-state index in [0.717, 1.165) is 43.6 Å². The van der Waals surface area contributed by atoms with Crippen molar-refractivity contribution in [3.63, 3.8) is 0 Å². The maximum atomic E-state index is 12.1. The number of aromatic nitrogens is 3. The molecule has 1 amide bonds. The van der Waals surface area contributed by atoms with Crippen molar-refractivity contribution in [1.82, 2.24) is 19.7 Å². The van der Waals surface area contributed by atoms with Gasteiger partial charge in [-0.1, -0.05) is 0 Å². The van der Waals surface area contributed by atoms with Crippen LogP contribution in [0.3, 0.4) is 0 Å². The smallest absolute Gasteiger partial charge is 0.410 e. The third-order valence-corrected chi connectivity index (χ3v) is 4.36. The van der Waals surface area contributed by atoms with Gasteiger partial charge in [0.15, 0.2) is 0 Å². The fourth-order valence-corrected chi connectivity index (χ4v) is 3.05. The normalized spacial score (nSPS) is 16.0. The zero-order valence-electron chi connectivity index (χ0n) is 15.2. The van der Waals surface area contributed by atoms with Crippen molar-refractivity contribution in [3.05, 3.63) is 36.9 Å². The molecule has 0 bridgehead atoms. The Morgan fingerprint density at radius 1 is 1.20 bits per heavy atom. The molecule has 0 saturated carbocycles. The molecule has 1 fully saturated rings. The Kier molecular flexibility index (Phi) is 5.06. The molecule has 1 saturated heterocycles. The predicted molar refractivity (Wildman–Crippen MR) is 96.0 cm³/mol. The molecule has 0 aliphatic carbocycles. The molecule has 1 aliphatic heterocycles. The lowest BCUT2D eigenvalue weighted by Gasteiger charge is -2.33. The molecule has 1 aliphatic rings. The van der Waals surface area contributed by atoms with Crippen LogP contribution >= 0.6 is 0 Å². The molecule has 0 N–H and O–H groups in total. The van der Waals surface area contributed by atoms with E-state index in [1.54, 1.807) is 12.4 Å². The fraction of sp³-hybridized carbons (Fsp3) is 0.526. The van der Waals surface area contributed by atoms with Crippen LogP contribution in [0.15, 0.2) is 36.9 Å². The van der Waals surface area contributed by atoms with E-state index in [1.165, 1.54) is 0 Å². The summed E-state index contributed by atoms with van der Waals surface area (Å²) in [5.74, 6) is 0.531. The Labute approximate surface area is 148 Å². The SMILES string of the molecule is CC(C)(C)OC(=O)N1CCC(Cn2cc(-c3ccncc3)cn2)CC1. The van der Waals surface area contributed by atoms with Gasteiger partial charge in [-0.3, -0.25) is 9.67 Å². The second-order valence-electron chi connectivity index (χ2n) is 7.60. The molecule has 2 aromatic heterocycles. The van der Waals surface area contributed by atoms with Crippen molar-refractivity contribution in [1.29, 1.82) is 0 Å². The van der Waals surface area contributed by atoms with Crippen LogP contribution in [0.4, 0.5) is 4.79 Å². The highest BCUT2D eigenvalue weighted by molar-refractivity contribution is 5.68. The summed E-state index contributed by atoms with van der Waals surface area (Å²) in [4.78, 5) is 18.0. The molecule has 3 rings (SSSR count). The van der Waals surface area contributed by atoms with Gasteiger partial charge in [0.05, 0.1) is 6.20 Å². The minimum atomic E-state index is -0.438. The Hall–Kier alpha value is -2.37. The lowest BCUT2D eigenvalue weighted by molar-refractivity contribution is 0.0177. The largest absolute Gasteiger partial charge is 0.444 e. The molecule has 25 heavy (non-hydrogen) atoms. The number of piperidine rings is 1. The molecule has 0 radical (unpaired) electrons. The zero-order chi connectivity index (χ0) is 17.9. The van der Waals surface area contributed by atoms with E-state index < -0.39 is 5.60 Å². The number of ether oxygens (including phenoxy) is 1. The van der Waals surface area contributed by atoms with Gasteiger partial charge in [-0.15, -0.1) is 0 Å². The van der Waals surface area contributed by atoms with Crippen LogP contribution in [-0.2, 0) is 11.3 Å². The van der Waals surface area contributed by atoms with Gasteiger partial charge in [0.25, 0.3) is 0 Å². The van der Waals surface area contributed by atoms with Gasteiger partial charge in [-0.05, 0) is 57.2 Å². The van der Waals surface area contributed by atoms with E-state index in [4.69, 9.17) is 4.74 Å². The minimum Gasteiger partial charge on any atom is -0.444 e. The number of carbonyl (C=O) groups excluding carboxylic acids is 1. The van der Waals surface area contributed by atoms with Crippen molar-refractivity contribution in [2.24, 2.45) is 5.92 Å². The van der Waals surface area contributed by atoms with Crippen molar-refractivity contribution in [2.75, 3.05) is 13.1 Å². The number of rotatable bonds is 3. The van der Waals surface area contributed by atoms with Crippen molar-refractivity contribution in [3.8, 4) is 11.1 Å². The fourth-order valence-electron chi connectivity index (χ4n) is 3.05. The molecule has 0 spiro atoms. The van der Waals surface area contributed by atoms with Gasteiger partial charge in [-0.25, -0.2) is 4.79 Å². The van der Waals surface area contributed by atoms with Gasteiger partial charge in [0.2, 0.25) is 0 Å². The third kappa shape index (κ3) is 4.81. The second kappa shape index (κ2) is 7.25. The molecule has 0 unspecified atom stereocenters. The van der Waals surface area contributed by atoms with Crippen LogP contribution in [0, 0.1) is 5.92 Å². The standard InChI is InChI=1S/C19H26N4O2/c1-19(2,3)25-18(24)22-10-6-15(7-11-22)13-23-14-17(12-21-23)16-4-8-20-9-5-16/h4-5,8-9,12,14-15H,6-7,10-11,13H2,1-3H3. The summed E-state index contributed by atoms with van der Waals surface area (Å²) in [6, 6.07) is 3.97. The Balaban J connectivity index is 1.51. The summed E-state index contributed by atoms with van der Waals surface area (Å²) < 4.78 is 7.45. The Morgan fingerprint density at radius 2 is 1.88 bits per heavy atom. The first kappa shape index (κ1) is 17.5. The van der Waals surface area contributed by atoms with E-state index in [0.29, 0.717) is 5.92 Å². The number of nitrogens with zero attached hydrogens (tertiary/aromatic N) is 4. The maximum absolute atomic E-state index is 12.1. The third-order valence-electron chi connectivity index (χ3n) is 4.36. The first-order valence-corrected chi connectivity index (χ1v) is 8.81. The molecule has 3 heterocycles. The van der Waals surface area contributed by atoms with Crippen molar-refractivity contribution in [2.45, 2.75) is 45.8 Å². The molecule has 6 heteroatoms. The predicted octanol–water partition coefficient (Wildman–Crippen LogP) is 3.59. The highest BCUT2D eigenvalue weighted by atomic mass is 16.6. The summed E-state index contributed by atoms with van der Waals surface area (Å²) in [5.41, 5.74) is 1.79. The number of hydrogen-bond donors (Lipinski definition) is 0. The van der Waals surface area contributed by atoms with Gasteiger partial charge in [0.1, 0.15) is 5.60 Å². The average Bonchev–Trinajstić information content (AvgIpc) is 3.03. The topological polar surface area (TPSA) is 60.2 Å². The number of likely N-dealkylation sites (tertiary alicyclic amines) is 1. The molecule has 0 aromatic carbocycles. The highest BCUT2D eigenvalue weighted by Crippen LogP contribution is 2.22. The Morgan fingerprint density at radius 3 is 2.52 bits per heavy atom. The van der Waals surface area contributed by atoms with Gasteiger partial charge < -0.3 is 9.64 Å². The summed E-state index contributed by atoms with van der Waals surface area (Å²) in [5, 5.41) is 4.48. The van der Waals surface area contributed by atoms with Crippen LogP contribution < -0.4 is 0 Å². The first-order valence-electron chi connectivity index (χ1n) is 8.81.